The molecule has 2 amide bonds. The maximum absolute atomic E-state index is 12.8. The highest BCUT2D eigenvalue weighted by Crippen LogP contribution is 2.46. The number of fused-ring (bicyclic) bond motifs is 1. The monoisotopic (exact) mass is 369 g/mol. The van der Waals surface area contributed by atoms with Gasteiger partial charge in [0.05, 0.1) is 17.1 Å². The predicted molar refractivity (Wildman–Crippen MR) is 98.4 cm³/mol. The van der Waals surface area contributed by atoms with E-state index in [9.17, 15) is 9.59 Å². The first-order valence-electron chi connectivity index (χ1n) is 8.97. The molecule has 0 radical (unpaired) electrons. The molecule has 26 heavy (non-hydrogen) atoms. The lowest BCUT2D eigenvalue weighted by Gasteiger charge is -2.29. The Labute approximate surface area is 155 Å². The number of anilines is 2. The van der Waals surface area contributed by atoms with E-state index in [0.29, 0.717) is 17.6 Å². The van der Waals surface area contributed by atoms with E-state index in [0.717, 1.165) is 16.7 Å². The van der Waals surface area contributed by atoms with Crippen LogP contribution in [0.5, 0.6) is 0 Å². The minimum Gasteiger partial charge on any atom is -0.323 e. The number of para-hydroxylation sites is 2. The van der Waals surface area contributed by atoms with E-state index in [1.165, 1.54) is 37.4 Å². The lowest BCUT2D eigenvalue weighted by Crippen LogP contribution is -2.43. The first kappa shape index (κ1) is 15.9. The van der Waals surface area contributed by atoms with Crippen molar-refractivity contribution in [1.29, 1.82) is 0 Å². The van der Waals surface area contributed by atoms with Gasteiger partial charge >= 0.3 is 0 Å². The molecule has 1 N–H and O–H groups in total. The van der Waals surface area contributed by atoms with Crippen LogP contribution < -0.4 is 10.2 Å². The summed E-state index contributed by atoms with van der Waals surface area (Å²) in [5, 5.41) is 12.4. The van der Waals surface area contributed by atoms with Gasteiger partial charge in [-0.05, 0) is 37.8 Å². The van der Waals surface area contributed by atoms with Gasteiger partial charge < -0.3 is 14.8 Å². The smallest absolute Gasteiger partial charge is 0.244 e. The zero-order valence-corrected chi connectivity index (χ0v) is 15.0. The molecule has 1 aromatic heterocycles. The van der Waals surface area contributed by atoms with E-state index in [1.807, 2.05) is 24.3 Å². The third-order valence-corrected chi connectivity index (χ3v) is 5.87. The second-order valence-electron chi connectivity index (χ2n) is 7.05. The number of amides is 2. The van der Waals surface area contributed by atoms with Gasteiger partial charge in [0.1, 0.15) is 12.4 Å². The van der Waals surface area contributed by atoms with E-state index in [-0.39, 0.29) is 24.1 Å². The third-order valence-electron chi connectivity index (χ3n) is 4.94. The van der Waals surface area contributed by atoms with Crippen molar-refractivity contribution in [2.75, 3.05) is 22.5 Å². The Kier molecular flexibility index (Phi) is 3.74. The largest absolute Gasteiger partial charge is 0.323 e. The average molecular weight is 369 g/mol. The fourth-order valence-corrected chi connectivity index (χ4v) is 4.23. The molecule has 0 saturated heterocycles. The molecule has 2 fully saturated rings. The fourth-order valence-electron chi connectivity index (χ4n) is 3.34. The number of nitrogens with zero attached hydrogens (tertiary/aromatic N) is 4. The van der Waals surface area contributed by atoms with Gasteiger partial charge in [0, 0.05) is 12.0 Å². The van der Waals surface area contributed by atoms with Crippen molar-refractivity contribution >= 4 is 35.0 Å². The number of benzene rings is 1. The molecule has 5 rings (SSSR count). The molecular formula is C18H19N5O2S. The minimum absolute atomic E-state index is 0.0546. The van der Waals surface area contributed by atoms with Crippen molar-refractivity contribution in [2.45, 2.75) is 42.8 Å². The van der Waals surface area contributed by atoms with Crippen LogP contribution in [0.25, 0.3) is 0 Å². The summed E-state index contributed by atoms with van der Waals surface area (Å²) >= 11 is 1.43. The van der Waals surface area contributed by atoms with Gasteiger partial charge in [0.2, 0.25) is 11.8 Å². The molecule has 0 atom stereocenters. The molecule has 0 bridgehead atoms. The molecule has 8 heteroatoms. The first-order valence-corrected chi connectivity index (χ1v) is 9.96. The van der Waals surface area contributed by atoms with Crippen LogP contribution in [0.1, 0.15) is 43.5 Å². The Balaban J connectivity index is 1.33. The third kappa shape index (κ3) is 2.88. The van der Waals surface area contributed by atoms with Crippen molar-refractivity contribution in [3.8, 4) is 0 Å². The predicted octanol–water partition coefficient (Wildman–Crippen LogP) is 2.57. The van der Waals surface area contributed by atoms with Crippen molar-refractivity contribution in [2.24, 2.45) is 0 Å². The van der Waals surface area contributed by atoms with Crippen molar-refractivity contribution in [3.63, 3.8) is 0 Å². The van der Waals surface area contributed by atoms with Crippen LogP contribution in [0.2, 0.25) is 0 Å². The van der Waals surface area contributed by atoms with Crippen molar-refractivity contribution < 1.29 is 9.59 Å². The Morgan fingerprint density at radius 3 is 2.77 bits per heavy atom. The van der Waals surface area contributed by atoms with Gasteiger partial charge in [-0.15, -0.1) is 10.2 Å². The van der Waals surface area contributed by atoms with Crippen LogP contribution in [0.3, 0.4) is 0 Å². The molecule has 1 aromatic carbocycles. The van der Waals surface area contributed by atoms with E-state index in [4.69, 9.17) is 0 Å². The average Bonchev–Trinajstić information content (AvgIpc) is 3.57. The molecule has 2 saturated carbocycles. The molecule has 2 aliphatic carbocycles. The summed E-state index contributed by atoms with van der Waals surface area (Å²) in [5.41, 5.74) is 1.43. The summed E-state index contributed by atoms with van der Waals surface area (Å²) in [6.45, 7) is 0.0546. The second kappa shape index (κ2) is 6.12. The van der Waals surface area contributed by atoms with Gasteiger partial charge in [0.15, 0.2) is 5.16 Å². The van der Waals surface area contributed by atoms with Gasteiger partial charge in [-0.1, -0.05) is 23.9 Å². The number of thioether (sulfide) groups is 1. The summed E-state index contributed by atoms with van der Waals surface area (Å²) < 4.78 is 2.24. The van der Waals surface area contributed by atoms with Crippen LogP contribution in [0.4, 0.5) is 11.4 Å². The highest BCUT2D eigenvalue weighted by molar-refractivity contribution is 7.99. The van der Waals surface area contributed by atoms with Gasteiger partial charge in [-0.25, -0.2) is 0 Å². The molecule has 1 aliphatic heterocycles. The normalized spacial score (nSPS) is 19.2. The van der Waals surface area contributed by atoms with E-state index in [2.05, 4.69) is 20.1 Å². The molecule has 3 aliphatic rings. The Morgan fingerprint density at radius 2 is 2.00 bits per heavy atom. The van der Waals surface area contributed by atoms with Gasteiger partial charge in [0.25, 0.3) is 0 Å². The van der Waals surface area contributed by atoms with Crippen LogP contribution >= 0.6 is 11.8 Å². The number of aromatic nitrogens is 3. The number of nitrogens with one attached hydrogen (secondary N) is 1. The van der Waals surface area contributed by atoms with Gasteiger partial charge in [-0.2, -0.15) is 0 Å². The van der Waals surface area contributed by atoms with E-state index < -0.39 is 0 Å². The summed E-state index contributed by atoms with van der Waals surface area (Å²) in [6, 6.07) is 7.88. The van der Waals surface area contributed by atoms with Crippen molar-refractivity contribution in [1.82, 2.24) is 14.8 Å². The van der Waals surface area contributed by atoms with Crippen LogP contribution in [-0.4, -0.2) is 38.9 Å². The van der Waals surface area contributed by atoms with Crippen molar-refractivity contribution in [3.05, 3.63) is 30.1 Å². The lowest BCUT2D eigenvalue weighted by molar-refractivity contribution is -0.120. The number of rotatable bonds is 5. The number of hydrogen-bond acceptors (Lipinski definition) is 5. The molecule has 0 spiro atoms. The van der Waals surface area contributed by atoms with Gasteiger partial charge in [-0.3, -0.25) is 9.59 Å². The first-order chi connectivity index (χ1) is 12.7. The number of hydrogen-bond donors (Lipinski definition) is 1. The SMILES string of the molecule is O=C1CN(C(=O)CSc2nnc(C3CC3)n2C2CC2)c2ccccc2N1. The highest BCUT2D eigenvalue weighted by atomic mass is 32.2. The topological polar surface area (TPSA) is 80.1 Å². The lowest BCUT2D eigenvalue weighted by atomic mass is 10.2. The zero-order valence-electron chi connectivity index (χ0n) is 14.2. The highest BCUT2D eigenvalue weighted by Gasteiger charge is 2.36. The summed E-state index contributed by atoms with van der Waals surface area (Å²) in [6.07, 6.45) is 4.71. The maximum atomic E-state index is 12.8. The molecule has 0 unspecified atom stereocenters. The quantitative estimate of drug-likeness (QED) is 0.820. The van der Waals surface area contributed by atoms with Crippen LogP contribution in [0, 0.1) is 0 Å². The standard InChI is InChI=1S/C18H19N5O2S/c24-15-9-22(14-4-2-1-3-13(14)19-15)16(25)10-26-18-21-20-17(11-5-6-11)23(18)12-7-8-12/h1-4,11-12H,5-10H2,(H,19,24). The molecule has 2 heterocycles. The fraction of sp³-hybridized carbons (Fsp3) is 0.444. The Morgan fingerprint density at radius 1 is 1.19 bits per heavy atom. The summed E-state index contributed by atoms with van der Waals surface area (Å²) in [5.74, 6) is 1.63. The van der Waals surface area contributed by atoms with E-state index >= 15 is 0 Å². The molecule has 134 valence electrons. The number of carbonyl (C=O) groups excluding carboxylic acids is 2. The molecule has 7 nitrogen and oxygen atoms in total. The van der Waals surface area contributed by atoms with Crippen LogP contribution in [-0.2, 0) is 9.59 Å². The maximum Gasteiger partial charge on any atom is 0.244 e. The Hall–Kier alpha value is -2.35. The summed E-state index contributed by atoms with van der Waals surface area (Å²) in [4.78, 5) is 26.3. The molecule has 2 aromatic rings. The van der Waals surface area contributed by atoms with E-state index in [1.54, 1.807) is 4.90 Å². The minimum atomic E-state index is -0.167. The zero-order chi connectivity index (χ0) is 17.7. The van der Waals surface area contributed by atoms with Crippen LogP contribution in [0.15, 0.2) is 29.4 Å². The molecular weight excluding hydrogens is 350 g/mol. The summed E-state index contributed by atoms with van der Waals surface area (Å²) in [7, 11) is 0. The Bertz CT molecular complexity index is 887. The second-order valence-corrected chi connectivity index (χ2v) is 7.99. The number of carbonyl (C=O) groups is 2.